The second-order valence-corrected chi connectivity index (χ2v) is 12.9. The van der Waals surface area contributed by atoms with Crippen molar-refractivity contribution in [3.05, 3.63) is 65.0 Å². The summed E-state index contributed by atoms with van der Waals surface area (Å²) in [6.07, 6.45) is 2.58. The lowest BCUT2D eigenvalue weighted by atomic mass is 9.84. The topological polar surface area (TPSA) is 141 Å². The smallest absolute Gasteiger partial charge is 0.314 e. The van der Waals surface area contributed by atoms with Crippen LogP contribution in [0.3, 0.4) is 0 Å². The number of carbonyl (C=O) groups excluding carboxylic acids is 3. The van der Waals surface area contributed by atoms with E-state index in [4.69, 9.17) is 25.8 Å². The summed E-state index contributed by atoms with van der Waals surface area (Å²) in [5.41, 5.74) is -1.25. The Kier molecular flexibility index (Phi) is 14.5. The fourth-order valence-electron chi connectivity index (χ4n) is 5.67. The van der Waals surface area contributed by atoms with E-state index < -0.39 is 95.5 Å². The quantitative estimate of drug-likeness (QED) is 0.0401. The molecule has 0 spiro atoms. The minimum atomic E-state index is -2.42. The number of amides is 1. The molecule has 0 unspecified atom stereocenters. The molecular weight excluding hydrogens is 697 g/mol. The third kappa shape index (κ3) is 10.6. The zero-order valence-electron chi connectivity index (χ0n) is 28.1. The molecule has 10 nitrogen and oxygen atoms in total. The first-order valence-corrected chi connectivity index (χ1v) is 16.4. The number of aliphatic hydroxyl groups excluding tert-OH is 1. The predicted molar refractivity (Wildman–Crippen MR) is 169 cm³/mol. The van der Waals surface area contributed by atoms with Crippen molar-refractivity contribution in [3.8, 4) is 5.75 Å². The maximum absolute atomic E-state index is 14.0. The second-order valence-electron chi connectivity index (χ2n) is 12.6. The molecule has 0 aromatic heterocycles. The normalized spacial score (nSPS) is 29.6. The van der Waals surface area contributed by atoms with Gasteiger partial charge in [-0.15, -0.1) is 11.6 Å². The molecular formula is C34H41ClF5NO9. The number of rotatable bonds is 12. The van der Waals surface area contributed by atoms with Crippen LogP contribution in [0.2, 0.25) is 0 Å². The van der Waals surface area contributed by atoms with Gasteiger partial charge < -0.3 is 34.5 Å². The molecule has 2 saturated heterocycles. The van der Waals surface area contributed by atoms with Gasteiger partial charge in [0.15, 0.2) is 0 Å². The van der Waals surface area contributed by atoms with E-state index in [2.05, 4.69) is 10.1 Å². The first-order chi connectivity index (χ1) is 23.4. The average molecular weight is 738 g/mol. The highest BCUT2D eigenvalue weighted by Crippen LogP contribution is 2.34. The number of hydrogen-bond donors (Lipinski definition) is 3. The van der Waals surface area contributed by atoms with Crippen molar-refractivity contribution < 1.29 is 65.5 Å². The minimum Gasteiger partial charge on any atom is -0.459 e. The monoisotopic (exact) mass is 737 g/mol. The highest BCUT2D eigenvalue weighted by molar-refractivity contribution is 6.18. The van der Waals surface area contributed by atoms with Gasteiger partial charge in [0, 0.05) is 19.4 Å². The van der Waals surface area contributed by atoms with Crippen molar-refractivity contribution >= 4 is 29.4 Å². The molecule has 0 aliphatic carbocycles. The zero-order valence-corrected chi connectivity index (χ0v) is 28.8. The van der Waals surface area contributed by atoms with Crippen molar-refractivity contribution in [1.29, 1.82) is 0 Å². The molecule has 0 saturated carbocycles. The SMILES string of the molecule is CC(=O)O[C@@H](C)/C=C\C(=O)N[C@@H]1C[C@H](C)[C@H](C/C=C(C)/C=C/[C@H]2O[C@H](CC(=O)Oc3c(F)c(F)c(F)c(F)c3F)C[C@@](O)(CCl)[C@@H]2O)O[C@@H]1C. The fourth-order valence-corrected chi connectivity index (χ4v) is 5.94. The van der Waals surface area contributed by atoms with Crippen molar-refractivity contribution in [3.63, 3.8) is 0 Å². The number of nitrogens with one attached hydrogen (secondary N) is 1. The Balaban J connectivity index is 1.60. The van der Waals surface area contributed by atoms with E-state index in [9.17, 15) is 46.5 Å². The second kappa shape index (κ2) is 17.7. The van der Waals surface area contributed by atoms with Gasteiger partial charge >= 0.3 is 11.9 Å². The number of halogens is 6. The Bertz CT molecular complexity index is 1480. The molecule has 278 valence electrons. The summed E-state index contributed by atoms with van der Waals surface area (Å²) >= 11 is 5.92. The van der Waals surface area contributed by atoms with E-state index in [1.807, 2.05) is 19.9 Å². The molecule has 3 N–H and O–H groups in total. The minimum absolute atomic E-state index is 0.0565. The van der Waals surface area contributed by atoms with Crippen LogP contribution in [0.15, 0.2) is 36.0 Å². The first-order valence-electron chi connectivity index (χ1n) is 15.9. The van der Waals surface area contributed by atoms with Crippen LogP contribution in [0, 0.1) is 35.0 Å². The van der Waals surface area contributed by atoms with E-state index in [0.717, 1.165) is 0 Å². The molecule has 2 fully saturated rings. The van der Waals surface area contributed by atoms with Gasteiger partial charge in [-0.25, -0.2) is 13.2 Å². The molecule has 1 aromatic rings. The molecule has 9 atom stereocenters. The molecule has 3 rings (SSSR count). The summed E-state index contributed by atoms with van der Waals surface area (Å²) in [4.78, 5) is 35.9. The summed E-state index contributed by atoms with van der Waals surface area (Å²) in [5.74, 6) is -16.1. The number of benzene rings is 1. The first kappa shape index (κ1) is 41.1. The van der Waals surface area contributed by atoms with E-state index in [-0.39, 0.29) is 30.1 Å². The van der Waals surface area contributed by atoms with Gasteiger partial charge in [0.1, 0.15) is 23.9 Å². The Morgan fingerprint density at radius 3 is 2.26 bits per heavy atom. The number of carbonyl (C=O) groups is 3. The van der Waals surface area contributed by atoms with E-state index in [1.165, 1.54) is 25.2 Å². The van der Waals surface area contributed by atoms with E-state index >= 15 is 0 Å². The number of allylic oxidation sites excluding steroid dienone is 2. The molecule has 2 aliphatic heterocycles. The van der Waals surface area contributed by atoms with Gasteiger partial charge in [0.25, 0.3) is 0 Å². The molecule has 2 aliphatic rings. The van der Waals surface area contributed by atoms with Crippen LogP contribution in [0.5, 0.6) is 5.75 Å². The number of hydrogen-bond acceptors (Lipinski definition) is 9. The van der Waals surface area contributed by atoms with Crippen LogP contribution >= 0.6 is 11.6 Å². The van der Waals surface area contributed by atoms with Crippen LogP contribution in [-0.2, 0) is 28.6 Å². The molecule has 0 bridgehead atoms. The van der Waals surface area contributed by atoms with Crippen LogP contribution < -0.4 is 10.1 Å². The molecule has 1 aromatic carbocycles. The van der Waals surface area contributed by atoms with Gasteiger partial charge in [-0.3, -0.25) is 14.4 Å². The highest BCUT2D eigenvalue weighted by Gasteiger charge is 2.47. The maximum atomic E-state index is 14.0. The maximum Gasteiger partial charge on any atom is 0.314 e. The van der Waals surface area contributed by atoms with Crippen molar-refractivity contribution in [2.24, 2.45) is 5.92 Å². The third-order valence-electron chi connectivity index (χ3n) is 8.44. The molecule has 0 radical (unpaired) electrons. The average Bonchev–Trinajstić information content (AvgIpc) is 3.05. The van der Waals surface area contributed by atoms with Crippen LogP contribution in [0.4, 0.5) is 22.0 Å². The lowest BCUT2D eigenvalue weighted by Crippen LogP contribution is -2.58. The Morgan fingerprint density at radius 2 is 1.66 bits per heavy atom. The van der Waals surface area contributed by atoms with Crippen LogP contribution in [0.25, 0.3) is 0 Å². The lowest BCUT2D eigenvalue weighted by Gasteiger charge is -2.43. The van der Waals surface area contributed by atoms with Gasteiger partial charge in [-0.1, -0.05) is 30.7 Å². The molecule has 1 amide bonds. The Hall–Kier alpha value is -3.37. The van der Waals surface area contributed by atoms with E-state index in [0.29, 0.717) is 18.4 Å². The highest BCUT2D eigenvalue weighted by atomic mass is 35.5. The summed E-state index contributed by atoms with van der Waals surface area (Å²) in [5, 5.41) is 24.7. The zero-order chi connectivity index (χ0) is 37.5. The number of alkyl halides is 1. The van der Waals surface area contributed by atoms with Crippen molar-refractivity contribution in [1.82, 2.24) is 5.32 Å². The fraction of sp³-hybridized carbons (Fsp3) is 0.559. The third-order valence-corrected chi connectivity index (χ3v) is 8.90. The predicted octanol–water partition coefficient (Wildman–Crippen LogP) is 4.86. The van der Waals surface area contributed by atoms with Crippen LogP contribution in [-0.4, -0.2) is 82.2 Å². The van der Waals surface area contributed by atoms with Crippen LogP contribution in [0.1, 0.15) is 60.3 Å². The summed E-state index contributed by atoms with van der Waals surface area (Å²) in [7, 11) is 0. The Morgan fingerprint density at radius 1 is 1.04 bits per heavy atom. The number of aliphatic hydroxyl groups is 2. The summed E-state index contributed by atoms with van der Waals surface area (Å²) in [6.45, 7) is 8.52. The molecule has 50 heavy (non-hydrogen) atoms. The largest absolute Gasteiger partial charge is 0.459 e. The standard InChI is InChI=1S/C34H41ClF5NO9/c1-16(6-9-23-17(2)12-22(19(4)48-23)41-25(43)11-8-18(3)47-20(5)42)7-10-24-33(45)34(46,15-35)14-21(49-24)13-26(44)50-32-30(39)28(37)27(36)29(38)31(32)40/h6-8,10-11,17-19,21-24,33,45-46H,9,12-15H2,1-5H3,(H,41,43)/b10-7+,11-8-,16-6+/t17-,18-,19+,21+,22+,23-,24+,33+,34+/m0/s1. The Labute approximate surface area is 291 Å². The molecule has 16 heteroatoms. The van der Waals surface area contributed by atoms with Crippen molar-refractivity contribution in [2.45, 2.75) is 109 Å². The number of esters is 2. The van der Waals surface area contributed by atoms with Gasteiger partial charge in [0.2, 0.25) is 40.7 Å². The van der Waals surface area contributed by atoms with Crippen molar-refractivity contribution in [2.75, 3.05) is 5.88 Å². The molecule has 2 heterocycles. The van der Waals surface area contributed by atoms with Gasteiger partial charge in [-0.2, -0.15) is 8.78 Å². The van der Waals surface area contributed by atoms with Gasteiger partial charge in [-0.05, 0) is 45.6 Å². The number of ether oxygens (including phenoxy) is 4. The van der Waals surface area contributed by atoms with Gasteiger partial charge in [0.05, 0.1) is 36.7 Å². The van der Waals surface area contributed by atoms with E-state index in [1.54, 1.807) is 19.9 Å². The summed E-state index contributed by atoms with van der Waals surface area (Å²) in [6, 6.07) is -0.251. The lowest BCUT2D eigenvalue weighted by molar-refractivity contribution is -0.196. The summed E-state index contributed by atoms with van der Waals surface area (Å²) < 4.78 is 89.7.